The second kappa shape index (κ2) is 5.61. The Bertz CT molecular complexity index is 675. The van der Waals surface area contributed by atoms with Crippen LogP contribution < -0.4 is 0 Å². The molecule has 0 unspecified atom stereocenters. The van der Waals surface area contributed by atoms with E-state index in [1.807, 2.05) is 48.5 Å². The molecule has 0 atom stereocenters. The van der Waals surface area contributed by atoms with Crippen LogP contribution in [0.3, 0.4) is 0 Å². The van der Waals surface area contributed by atoms with Gasteiger partial charge in [-0.15, -0.1) is 0 Å². The third-order valence-corrected chi connectivity index (χ3v) is 3.19. The summed E-state index contributed by atoms with van der Waals surface area (Å²) in [5.41, 5.74) is 2.69. The zero-order valence-corrected chi connectivity index (χ0v) is 11.0. The Morgan fingerprint density at radius 2 is 1.50 bits per heavy atom. The highest BCUT2D eigenvalue weighted by atomic mass is 16.5. The summed E-state index contributed by atoms with van der Waals surface area (Å²) in [5, 5.41) is 9.84. The van der Waals surface area contributed by atoms with Crippen LogP contribution in [0.25, 0.3) is 11.5 Å². The third kappa shape index (κ3) is 2.72. The fraction of sp³-hybridized carbons (Fsp3) is 0.118. The van der Waals surface area contributed by atoms with E-state index in [9.17, 15) is 5.11 Å². The van der Waals surface area contributed by atoms with Gasteiger partial charge in [0.05, 0.1) is 0 Å². The minimum Gasteiger partial charge on any atom is -0.479 e. The van der Waals surface area contributed by atoms with Gasteiger partial charge in [-0.25, -0.2) is 4.98 Å². The normalized spacial score (nSPS) is 10.6. The molecular weight excluding hydrogens is 250 g/mol. The number of hydrogen-bond donors (Lipinski definition) is 1. The van der Waals surface area contributed by atoms with Crippen molar-refractivity contribution < 1.29 is 9.52 Å². The second-order valence-corrected chi connectivity index (χ2v) is 4.62. The van der Waals surface area contributed by atoms with Crippen molar-refractivity contribution in [2.75, 3.05) is 0 Å². The zero-order chi connectivity index (χ0) is 13.8. The molecule has 3 aromatic rings. The third-order valence-electron chi connectivity index (χ3n) is 3.19. The minimum absolute atomic E-state index is 0.0835. The van der Waals surface area contributed by atoms with Crippen LogP contribution in [0, 0.1) is 0 Å². The molecule has 0 amide bonds. The molecule has 20 heavy (non-hydrogen) atoms. The van der Waals surface area contributed by atoms with Crippen LogP contribution >= 0.6 is 0 Å². The van der Waals surface area contributed by atoms with Crippen LogP contribution in [0.5, 0.6) is 5.95 Å². The first kappa shape index (κ1) is 12.5. The van der Waals surface area contributed by atoms with Crippen LogP contribution in [0.4, 0.5) is 0 Å². The fourth-order valence-electron chi connectivity index (χ4n) is 2.12. The van der Waals surface area contributed by atoms with Gasteiger partial charge in [-0.2, -0.15) is 0 Å². The molecule has 0 aliphatic heterocycles. The second-order valence-electron chi connectivity index (χ2n) is 4.62. The van der Waals surface area contributed by atoms with E-state index in [2.05, 4.69) is 17.1 Å². The lowest BCUT2D eigenvalue weighted by Gasteiger charge is -1.98. The summed E-state index contributed by atoms with van der Waals surface area (Å²) >= 11 is 0. The topological polar surface area (TPSA) is 46.3 Å². The average Bonchev–Trinajstić information content (AvgIpc) is 2.88. The van der Waals surface area contributed by atoms with Gasteiger partial charge in [0.2, 0.25) is 5.89 Å². The lowest BCUT2D eigenvalue weighted by Crippen LogP contribution is -1.91. The Morgan fingerprint density at radius 3 is 2.20 bits per heavy atom. The van der Waals surface area contributed by atoms with Crippen LogP contribution in [0.2, 0.25) is 0 Å². The van der Waals surface area contributed by atoms with Gasteiger partial charge in [-0.3, -0.25) is 0 Å². The molecule has 0 aliphatic carbocycles. The number of aromatic hydroxyl groups is 1. The molecule has 1 heterocycles. The summed E-state index contributed by atoms with van der Waals surface area (Å²) < 4.78 is 5.33. The number of aryl methyl sites for hydroxylation is 2. The van der Waals surface area contributed by atoms with E-state index in [4.69, 9.17) is 4.42 Å². The number of benzene rings is 2. The Kier molecular flexibility index (Phi) is 3.50. The van der Waals surface area contributed by atoms with Gasteiger partial charge in [0.1, 0.15) is 5.69 Å². The fourth-order valence-corrected chi connectivity index (χ4v) is 2.12. The molecule has 100 valence electrons. The average molecular weight is 265 g/mol. The first-order valence-corrected chi connectivity index (χ1v) is 6.61. The summed E-state index contributed by atoms with van der Waals surface area (Å²) in [6, 6.07) is 19.7. The molecule has 3 nitrogen and oxygen atoms in total. The van der Waals surface area contributed by atoms with Crippen LogP contribution in [-0.4, -0.2) is 10.1 Å². The van der Waals surface area contributed by atoms with Gasteiger partial charge in [0.15, 0.2) is 0 Å². The lowest BCUT2D eigenvalue weighted by molar-refractivity contribution is 0.332. The number of rotatable bonds is 4. The molecule has 0 fully saturated rings. The van der Waals surface area contributed by atoms with Crippen molar-refractivity contribution in [3.8, 4) is 17.4 Å². The molecule has 3 heteroatoms. The highest BCUT2D eigenvalue weighted by molar-refractivity contribution is 5.53. The van der Waals surface area contributed by atoms with Gasteiger partial charge in [-0.05, 0) is 24.1 Å². The molecule has 0 spiro atoms. The monoisotopic (exact) mass is 265 g/mol. The summed E-state index contributed by atoms with van der Waals surface area (Å²) in [6.45, 7) is 0. The number of oxazole rings is 1. The number of aromatic nitrogens is 1. The molecule has 0 radical (unpaired) electrons. The molecule has 3 rings (SSSR count). The van der Waals surface area contributed by atoms with Crippen molar-refractivity contribution in [3.63, 3.8) is 0 Å². The summed E-state index contributed by atoms with van der Waals surface area (Å²) in [5.74, 6) is 0.381. The van der Waals surface area contributed by atoms with E-state index in [-0.39, 0.29) is 5.95 Å². The van der Waals surface area contributed by atoms with Crippen molar-refractivity contribution in [2.45, 2.75) is 12.8 Å². The van der Waals surface area contributed by atoms with Gasteiger partial charge in [0.25, 0.3) is 0 Å². The summed E-state index contributed by atoms with van der Waals surface area (Å²) in [6.07, 6.45) is 1.49. The predicted molar refractivity (Wildman–Crippen MR) is 77.5 cm³/mol. The van der Waals surface area contributed by atoms with Gasteiger partial charge in [0, 0.05) is 12.0 Å². The molecule has 0 aliphatic rings. The van der Waals surface area contributed by atoms with Crippen LogP contribution in [0.1, 0.15) is 11.3 Å². The maximum Gasteiger partial charge on any atom is 0.306 e. The highest BCUT2D eigenvalue weighted by Gasteiger charge is 2.13. The van der Waals surface area contributed by atoms with E-state index in [0.717, 1.165) is 12.0 Å². The lowest BCUT2D eigenvalue weighted by atomic mass is 10.1. The van der Waals surface area contributed by atoms with Crippen molar-refractivity contribution >= 4 is 0 Å². The van der Waals surface area contributed by atoms with E-state index < -0.39 is 0 Å². The van der Waals surface area contributed by atoms with Crippen LogP contribution in [-0.2, 0) is 12.8 Å². The van der Waals surface area contributed by atoms with Gasteiger partial charge in [-0.1, -0.05) is 48.5 Å². The van der Waals surface area contributed by atoms with Crippen LogP contribution in [0.15, 0.2) is 65.1 Å². The predicted octanol–water partition coefficient (Wildman–Crippen LogP) is 3.83. The van der Waals surface area contributed by atoms with Gasteiger partial charge >= 0.3 is 5.95 Å². The zero-order valence-electron chi connectivity index (χ0n) is 11.0. The van der Waals surface area contributed by atoms with Crippen molar-refractivity contribution in [1.82, 2.24) is 4.98 Å². The molecule has 2 aromatic carbocycles. The molecule has 1 aromatic heterocycles. The molecule has 1 N–H and O–H groups in total. The standard InChI is InChI=1S/C17H15NO2/c19-17-15(12-11-13-7-3-1-4-8-13)18-16(20-17)14-9-5-2-6-10-14/h1-10,19H,11-12H2. The summed E-state index contributed by atoms with van der Waals surface area (Å²) in [4.78, 5) is 4.38. The Balaban J connectivity index is 1.76. The largest absolute Gasteiger partial charge is 0.479 e. The number of hydrogen-bond acceptors (Lipinski definition) is 3. The quantitative estimate of drug-likeness (QED) is 0.779. The smallest absolute Gasteiger partial charge is 0.306 e. The molecule has 0 saturated carbocycles. The van der Waals surface area contributed by atoms with E-state index >= 15 is 0 Å². The molecule has 0 saturated heterocycles. The van der Waals surface area contributed by atoms with E-state index in [1.165, 1.54) is 5.56 Å². The first-order chi connectivity index (χ1) is 9.83. The molecular formula is C17H15NO2. The van der Waals surface area contributed by atoms with Crippen molar-refractivity contribution in [2.24, 2.45) is 0 Å². The maximum absolute atomic E-state index is 9.84. The SMILES string of the molecule is Oc1oc(-c2ccccc2)nc1CCc1ccccc1. The minimum atomic E-state index is -0.0835. The van der Waals surface area contributed by atoms with Crippen molar-refractivity contribution in [1.29, 1.82) is 0 Å². The first-order valence-electron chi connectivity index (χ1n) is 6.61. The van der Waals surface area contributed by atoms with Gasteiger partial charge < -0.3 is 9.52 Å². The van der Waals surface area contributed by atoms with E-state index in [1.54, 1.807) is 0 Å². The van der Waals surface area contributed by atoms with Crippen molar-refractivity contribution in [3.05, 3.63) is 71.9 Å². The Morgan fingerprint density at radius 1 is 0.850 bits per heavy atom. The Hall–Kier alpha value is -2.55. The summed E-state index contributed by atoms with van der Waals surface area (Å²) in [7, 11) is 0. The molecule has 0 bridgehead atoms. The highest BCUT2D eigenvalue weighted by Crippen LogP contribution is 2.26. The van der Waals surface area contributed by atoms with E-state index in [0.29, 0.717) is 18.0 Å². The number of nitrogens with zero attached hydrogens (tertiary/aromatic N) is 1. The maximum atomic E-state index is 9.84. The Labute approximate surface area is 117 Å².